The summed E-state index contributed by atoms with van der Waals surface area (Å²) in [5.74, 6) is 0.582. The number of phenolic OH excluding ortho intramolecular Hbond substituents is 1. The maximum Gasteiger partial charge on any atom is 0.153 e. The molecular weight excluding hydrogens is 248 g/mol. The van der Waals surface area contributed by atoms with Gasteiger partial charge in [0.25, 0.3) is 0 Å². The molecule has 0 aromatic heterocycles. The van der Waals surface area contributed by atoms with Crippen LogP contribution in [0.2, 0.25) is 0 Å². The van der Waals surface area contributed by atoms with Gasteiger partial charge < -0.3 is 9.84 Å². The third kappa shape index (κ3) is 3.03. The lowest BCUT2D eigenvalue weighted by Crippen LogP contribution is -1.98. The van der Waals surface area contributed by atoms with Crippen molar-refractivity contribution in [3.05, 3.63) is 23.8 Å². The van der Waals surface area contributed by atoms with Crippen molar-refractivity contribution in [3.63, 3.8) is 0 Å². The predicted molar refractivity (Wildman–Crippen MR) is 57.4 cm³/mol. The number of carbonyl (C=O) groups is 1. The number of alkyl halides is 1. The van der Waals surface area contributed by atoms with Crippen molar-refractivity contribution < 1.29 is 14.6 Å². The van der Waals surface area contributed by atoms with Gasteiger partial charge in [-0.2, -0.15) is 0 Å². The summed E-state index contributed by atoms with van der Waals surface area (Å²) >= 11 is 3.29. The highest BCUT2D eigenvalue weighted by Gasteiger charge is 2.01. The Kier molecular flexibility index (Phi) is 4.46. The summed E-state index contributed by atoms with van der Waals surface area (Å²) in [6, 6.07) is 4.61. The van der Waals surface area contributed by atoms with Gasteiger partial charge in [0.1, 0.15) is 11.5 Å². The lowest BCUT2D eigenvalue weighted by molar-refractivity contribution is 0.112. The quantitative estimate of drug-likeness (QED) is 0.501. The maximum atomic E-state index is 10.5. The van der Waals surface area contributed by atoms with E-state index < -0.39 is 0 Å². The smallest absolute Gasteiger partial charge is 0.153 e. The monoisotopic (exact) mass is 258 g/mol. The molecule has 1 N–H and O–H groups in total. The lowest BCUT2D eigenvalue weighted by Gasteiger charge is -2.05. The van der Waals surface area contributed by atoms with Crippen LogP contribution in [-0.2, 0) is 0 Å². The molecule has 3 nitrogen and oxygen atoms in total. The Morgan fingerprint density at radius 3 is 2.93 bits per heavy atom. The average Bonchev–Trinajstić information content (AvgIpc) is 2.21. The van der Waals surface area contributed by atoms with E-state index in [4.69, 9.17) is 4.74 Å². The van der Waals surface area contributed by atoms with E-state index in [0.717, 1.165) is 11.8 Å². The Balaban J connectivity index is 2.64. The first kappa shape index (κ1) is 11.0. The topological polar surface area (TPSA) is 46.5 Å². The Morgan fingerprint density at radius 2 is 2.29 bits per heavy atom. The van der Waals surface area contributed by atoms with Crippen LogP contribution in [0.1, 0.15) is 16.8 Å². The minimum atomic E-state index is -0.0205. The van der Waals surface area contributed by atoms with Crippen LogP contribution in [0.25, 0.3) is 0 Å². The first-order chi connectivity index (χ1) is 6.77. The summed E-state index contributed by atoms with van der Waals surface area (Å²) < 4.78 is 5.34. The van der Waals surface area contributed by atoms with Gasteiger partial charge in [-0.3, -0.25) is 4.79 Å². The Labute approximate surface area is 90.8 Å². The van der Waals surface area contributed by atoms with Crippen molar-refractivity contribution >= 4 is 22.2 Å². The number of carbonyl (C=O) groups excluding carboxylic acids is 1. The van der Waals surface area contributed by atoms with Gasteiger partial charge in [-0.1, -0.05) is 15.9 Å². The summed E-state index contributed by atoms with van der Waals surface area (Å²) in [7, 11) is 0. The first-order valence-corrected chi connectivity index (χ1v) is 5.37. The molecule has 0 bridgehead atoms. The first-order valence-electron chi connectivity index (χ1n) is 4.25. The number of benzene rings is 1. The molecule has 0 atom stereocenters. The van der Waals surface area contributed by atoms with Gasteiger partial charge in [-0.25, -0.2) is 0 Å². The van der Waals surface area contributed by atoms with E-state index in [9.17, 15) is 9.90 Å². The van der Waals surface area contributed by atoms with Crippen LogP contribution in [0.15, 0.2) is 18.2 Å². The molecule has 0 aliphatic heterocycles. The molecule has 0 radical (unpaired) electrons. The van der Waals surface area contributed by atoms with Gasteiger partial charge in [0.15, 0.2) is 6.29 Å². The number of halogens is 1. The number of hydrogen-bond acceptors (Lipinski definition) is 3. The van der Waals surface area contributed by atoms with Crippen molar-refractivity contribution in [2.75, 3.05) is 11.9 Å². The van der Waals surface area contributed by atoms with Gasteiger partial charge in [-0.05, 0) is 24.6 Å². The van der Waals surface area contributed by atoms with E-state index in [1.54, 1.807) is 6.07 Å². The number of hydrogen-bond donors (Lipinski definition) is 1. The Hall–Kier alpha value is -1.03. The molecule has 14 heavy (non-hydrogen) atoms. The van der Waals surface area contributed by atoms with E-state index in [2.05, 4.69) is 15.9 Å². The fourth-order valence-corrected chi connectivity index (χ4v) is 1.19. The highest BCUT2D eigenvalue weighted by atomic mass is 79.9. The zero-order valence-electron chi connectivity index (χ0n) is 7.57. The van der Waals surface area contributed by atoms with Gasteiger partial charge in [0.2, 0.25) is 0 Å². The zero-order valence-corrected chi connectivity index (χ0v) is 9.16. The van der Waals surface area contributed by atoms with E-state index >= 15 is 0 Å². The fourth-order valence-electron chi connectivity index (χ4n) is 0.961. The van der Waals surface area contributed by atoms with Crippen LogP contribution < -0.4 is 4.74 Å². The third-order valence-corrected chi connectivity index (χ3v) is 2.23. The van der Waals surface area contributed by atoms with E-state index in [1.807, 2.05) is 0 Å². The van der Waals surface area contributed by atoms with Crippen LogP contribution in [0.5, 0.6) is 11.5 Å². The Bertz CT molecular complexity index is 312. The zero-order chi connectivity index (χ0) is 10.4. The number of rotatable bonds is 5. The molecule has 0 fully saturated rings. The molecule has 1 rings (SSSR count). The number of ether oxygens (including phenoxy) is 1. The molecule has 0 heterocycles. The second kappa shape index (κ2) is 5.65. The molecule has 0 aliphatic carbocycles. The minimum absolute atomic E-state index is 0.0205. The molecule has 76 valence electrons. The second-order valence-corrected chi connectivity index (χ2v) is 3.52. The van der Waals surface area contributed by atoms with E-state index in [1.165, 1.54) is 12.1 Å². The lowest BCUT2D eigenvalue weighted by atomic mass is 10.2. The molecular formula is C10H11BrO3. The van der Waals surface area contributed by atoms with Gasteiger partial charge in [-0.15, -0.1) is 0 Å². The van der Waals surface area contributed by atoms with Crippen molar-refractivity contribution in [2.45, 2.75) is 6.42 Å². The molecule has 0 saturated carbocycles. The summed E-state index contributed by atoms with van der Waals surface area (Å²) in [5.41, 5.74) is 0.251. The standard InChI is InChI=1S/C10H11BrO3/c11-4-1-5-14-9-2-3-10(13)8(6-9)7-12/h2-3,6-7,13H,1,4-5H2. The number of aromatic hydroxyl groups is 1. The molecule has 0 saturated heterocycles. The van der Waals surface area contributed by atoms with Gasteiger partial charge in [0, 0.05) is 5.33 Å². The highest BCUT2D eigenvalue weighted by molar-refractivity contribution is 9.09. The molecule has 0 spiro atoms. The normalized spacial score (nSPS) is 9.79. The molecule has 4 heteroatoms. The van der Waals surface area contributed by atoms with E-state index in [-0.39, 0.29) is 11.3 Å². The van der Waals surface area contributed by atoms with Gasteiger partial charge >= 0.3 is 0 Å². The van der Waals surface area contributed by atoms with E-state index in [0.29, 0.717) is 18.6 Å². The summed E-state index contributed by atoms with van der Waals surface area (Å²) in [4.78, 5) is 10.5. The van der Waals surface area contributed by atoms with Crippen molar-refractivity contribution in [1.29, 1.82) is 0 Å². The van der Waals surface area contributed by atoms with Crippen LogP contribution in [0.4, 0.5) is 0 Å². The van der Waals surface area contributed by atoms with Crippen LogP contribution in [-0.4, -0.2) is 23.3 Å². The van der Waals surface area contributed by atoms with Gasteiger partial charge in [0.05, 0.1) is 12.2 Å². The average molecular weight is 259 g/mol. The largest absolute Gasteiger partial charge is 0.507 e. The SMILES string of the molecule is O=Cc1cc(OCCCBr)ccc1O. The molecule has 0 unspecified atom stereocenters. The van der Waals surface area contributed by atoms with Crippen LogP contribution in [0, 0.1) is 0 Å². The summed E-state index contributed by atoms with van der Waals surface area (Å²) in [5, 5.41) is 10.1. The van der Waals surface area contributed by atoms with Crippen molar-refractivity contribution in [3.8, 4) is 11.5 Å². The highest BCUT2D eigenvalue weighted by Crippen LogP contribution is 2.21. The molecule has 0 amide bonds. The minimum Gasteiger partial charge on any atom is -0.507 e. The van der Waals surface area contributed by atoms with Crippen LogP contribution in [0.3, 0.4) is 0 Å². The maximum absolute atomic E-state index is 10.5. The summed E-state index contributed by atoms with van der Waals surface area (Å²) in [6.45, 7) is 0.592. The number of phenols is 1. The summed E-state index contributed by atoms with van der Waals surface area (Å²) in [6.07, 6.45) is 1.50. The second-order valence-electron chi connectivity index (χ2n) is 2.73. The molecule has 0 aliphatic rings. The van der Waals surface area contributed by atoms with Crippen molar-refractivity contribution in [2.24, 2.45) is 0 Å². The van der Waals surface area contributed by atoms with Crippen LogP contribution >= 0.6 is 15.9 Å². The molecule has 1 aromatic carbocycles. The fraction of sp³-hybridized carbons (Fsp3) is 0.300. The third-order valence-electron chi connectivity index (χ3n) is 1.67. The number of aldehydes is 1. The Morgan fingerprint density at radius 1 is 1.50 bits per heavy atom. The predicted octanol–water partition coefficient (Wildman–Crippen LogP) is 2.37. The van der Waals surface area contributed by atoms with Crippen molar-refractivity contribution in [1.82, 2.24) is 0 Å². The molecule has 1 aromatic rings.